The average Bonchev–Trinajstić information content (AvgIpc) is 3.36. The van der Waals surface area contributed by atoms with E-state index in [0.717, 1.165) is 16.9 Å². The summed E-state index contributed by atoms with van der Waals surface area (Å²) in [7, 11) is 0. The molecule has 0 aliphatic carbocycles. The fraction of sp³-hybridized carbons (Fsp3) is 0.143. The molecule has 1 N–H and O–H groups in total. The summed E-state index contributed by atoms with van der Waals surface area (Å²) in [4.78, 5) is 25.8. The van der Waals surface area contributed by atoms with Gasteiger partial charge in [-0.05, 0) is 39.7 Å². The van der Waals surface area contributed by atoms with E-state index in [9.17, 15) is 9.59 Å². The van der Waals surface area contributed by atoms with Crippen LogP contribution in [0.4, 0.5) is 0 Å². The Labute approximate surface area is 189 Å². The summed E-state index contributed by atoms with van der Waals surface area (Å²) in [6.07, 6.45) is -1.10. The van der Waals surface area contributed by atoms with Gasteiger partial charge in [0.25, 0.3) is 5.91 Å². The number of nitrogens with one attached hydrogen (secondary N) is 1. The third-order valence-electron chi connectivity index (χ3n) is 4.32. The van der Waals surface area contributed by atoms with Gasteiger partial charge in [0.15, 0.2) is 11.5 Å². The Kier molecular flexibility index (Phi) is 6.26. The van der Waals surface area contributed by atoms with E-state index >= 15 is 0 Å². The van der Waals surface area contributed by atoms with Crippen LogP contribution < -0.4 is 14.8 Å². The summed E-state index contributed by atoms with van der Waals surface area (Å²) in [6, 6.07) is 15.8. The monoisotopic (exact) mass is 507 g/mol. The molecule has 6 nitrogen and oxygen atoms in total. The number of fused-ring (bicyclic) bond motifs is 1. The molecule has 0 fully saturated rings. The van der Waals surface area contributed by atoms with E-state index in [1.807, 2.05) is 12.1 Å². The number of hydrogen-bond donors (Lipinski definition) is 1. The lowest BCUT2D eigenvalue weighted by Crippen LogP contribution is -2.31. The van der Waals surface area contributed by atoms with E-state index < -0.39 is 18.0 Å². The third-order valence-corrected chi connectivity index (χ3v) is 6.77. The molecule has 1 aliphatic rings. The van der Waals surface area contributed by atoms with Gasteiger partial charge in [0.1, 0.15) is 9.21 Å². The van der Waals surface area contributed by atoms with Crippen LogP contribution in [0.5, 0.6) is 11.5 Å². The van der Waals surface area contributed by atoms with Crippen molar-refractivity contribution in [3.05, 3.63) is 79.4 Å². The first-order valence-corrected chi connectivity index (χ1v) is 10.9. The molecular formula is C21H15BrClNO5S. The second kappa shape index (κ2) is 9.07. The lowest BCUT2D eigenvalue weighted by molar-refractivity contribution is -0.130. The molecule has 1 unspecified atom stereocenters. The molecule has 1 aromatic heterocycles. The van der Waals surface area contributed by atoms with Gasteiger partial charge in [0, 0.05) is 16.6 Å². The van der Waals surface area contributed by atoms with E-state index in [2.05, 4.69) is 21.2 Å². The van der Waals surface area contributed by atoms with Crippen molar-refractivity contribution in [2.75, 3.05) is 6.79 Å². The van der Waals surface area contributed by atoms with Gasteiger partial charge in [-0.3, -0.25) is 4.79 Å². The molecule has 1 aliphatic heterocycles. The Morgan fingerprint density at radius 3 is 2.63 bits per heavy atom. The standard InChI is InChI=1S/C21H15BrClNO5S/c22-14-9-17(30-19(14)23)21(26)29-18(13-4-2-1-3-5-13)20(25)24-10-12-6-7-15-16(8-12)28-11-27-15/h1-9,18H,10-11H2,(H,24,25). The highest BCUT2D eigenvalue weighted by molar-refractivity contribution is 9.10. The van der Waals surface area contributed by atoms with Gasteiger partial charge < -0.3 is 19.5 Å². The molecule has 30 heavy (non-hydrogen) atoms. The van der Waals surface area contributed by atoms with Crippen molar-refractivity contribution in [1.82, 2.24) is 5.32 Å². The molecule has 1 amide bonds. The number of hydrogen-bond acceptors (Lipinski definition) is 6. The minimum Gasteiger partial charge on any atom is -0.454 e. The van der Waals surface area contributed by atoms with Crippen LogP contribution in [0, 0.1) is 0 Å². The maximum Gasteiger partial charge on any atom is 0.349 e. The predicted octanol–water partition coefficient (Wildman–Crippen LogP) is 5.11. The summed E-state index contributed by atoms with van der Waals surface area (Å²) in [5.41, 5.74) is 1.40. The molecular weight excluding hydrogens is 494 g/mol. The summed E-state index contributed by atoms with van der Waals surface area (Å²) >= 11 is 10.4. The summed E-state index contributed by atoms with van der Waals surface area (Å²) in [5, 5.41) is 2.82. The fourth-order valence-corrected chi connectivity index (χ4v) is 4.43. The fourth-order valence-electron chi connectivity index (χ4n) is 2.85. The third kappa shape index (κ3) is 4.61. The van der Waals surface area contributed by atoms with Crippen LogP contribution in [0.2, 0.25) is 4.34 Å². The number of amides is 1. The normalized spacial score (nSPS) is 13.0. The van der Waals surface area contributed by atoms with E-state index in [-0.39, 0.29) is 13.3 Å². The zero-order valence-corrected chi connectivity index (χ0v) is 18.6. The quantitative estimate of drug-likeness (QED) is 0.469. The topological polar surface area (TPSA) is 73.9 Å². The number of halogens is 2. The summed E-state index contributed by atoms with van der Waals surface area (Å²) < 4.78 is 17.2. The first-order chi connectivity index (χ1) is 14.5. The molecule has 0 bridgehead atoms. The van der Waals surface area contributed by atoms with Gasteiger partial charge in [-0.25, -0.2) is 4.79 Å². The molecule has 154 valence electrons. The molecule has 0 radical (unpaired) electrons. The van der Waals surface area contributed by atoms with Crippen molar-refractivity contribution in [2.45, 2.75) is 12.6 Å². The maximum atomic E-state index is 12.9. The van der Waals surface area contributed by atoms with Crippen LogP contribution >= 0.6 is 38.9 Å². The average molecular weight is 509 g/mol. The van der Waals surface area contributed by atoms with Crippen molar-refractivity contribution < 1.29 is 23.8 Å². The number of thiophene rings is 1. The molecule has 0 saturated carbocycles. The van der Waals surface area contributed by atoms with Crippen molar-refractivity contribution >= 4 is 50.7 Å². The number of esters is 1. The Morgan fingerprint density at radius 1 is 1.13 bits per heavy atom. The van der Waals surface area contributed by atoms with E-state index in [4.69, 9.17) is 25.8 Å². The van der Waals surface area contributed by atoms with E-state index in [0.29, 0.717) is 30.7 Å². The minimum atomic E-state index is -1.10. The molecule has 1 atom stereocenters. The Bertz CT molecular complexity index is 1070. The van der Waals surface area contributed by atoms with Gasteiger partial charge in [0.2, 0.25) is 12.9 Å². The Balaban J connectivity index is 1.49. The smallest absolute Gasteiger partial charge is 0.349 e. The molecule has 3 aromatic rings. The highest BCUT2D eigenvalue weighted by Gasteiger charge is 2.27. The number of rotatable bonds is 6. The summed E-state index contributed by atoms with van der Waals surface area (Å²) in [6.45, 7) is 0.423. The van der Waals surface area contributed by atoms with E-state index in [1.54, 1.807) is 42.5 Å². The molecule has 2 aromatic carbocycles. The highest BCUT2D eigenvalue weighted by atomic mass is 79.9. The first kappa shape index (κ1) is 20.7. The lowest BCUT2D eigenvalue weighted by Gasteiger charge is -2.18. The molecule has 0 spiro atoms. The van der Waals surface area contributed by atoms with Gasteiger partial charge in [-0.2, -0.15) is 0 Å². The van der Waals surface area contributed by atoms with Crippen LogP contribution in [0.25, 0.3) is 0 Å². The number of carbonyl (C=O) groups excluding carboxylic acids is 2. The van der Waals surface area contributed by atoms with Crippen LogP contribution in [0.3, 0.4) is 0 Å². The SMILES string of the molecule is O=C(OC(C(=O)NCc1ccc2c(c1)OCO2)c1ccccc1)c1cc(Br)c(Cl)s1. The first-order valence-electron chi connectivity index (χ1n) is 8.88. The lowest BCUT2D eigenvalue weighted by atomic mass is 10.1. The molecule has 9 heteroatoms. The van der Waals surface area contributed by atoms with Crippen LogP contribution in [0.15, 0.2) is 59.1 Å². The number of benzene rings is 2. The van der Waals surface area contributed by atoms with Crippen LogP contribution in [0.1, 0.15) is 26.9 Å². The van der Waals surface area contributed by atoms with Crippen LogP contribution in [-0.2, 0) is 16.1 Å². The number of carbonyl (C=O) groups is 2. The predicted molar refractivity (Wildman–Crippen MR) is 116 cm³/mol. The molecule has 4 rings (SSSR count). The largest absolute Gasteiger partial charge is 0.454 e. The van der Waals surface area contributed by atoms with Crippen molar-refractivity contribution in [3.63, 3.8) is 0 Å². The zero-order valence-electron chi connectivity index (χ0n) is 15.4. The van der Waals surface area contributed by atoms with Gasteiger partial charge in [-0.1, -0.05) is 48.0 Å². The van der Waals surface area contributed by atoms with Crippen molar-refractivity contribution in [3.8, 4) is 11.5 Å². The Hall–Kier alpha value is -2.55. The summed E-state index contributed by atoms with van der Waals surface area (Å²) in [5.74, 6) is 0.239. The second-order valence-corrected chi connectivity index (χ2v) is 8.84. The second-order valence-electron chi connectivity index (χ2n) is 6.33. The zero-order chi connectivity index (χ0) is 21.1. The highest BCUT2D eigenvalue weighted by Crippen LogP contribution is 2.34. The molecule has 2 heterocycles. The van der Waals surface area contributed by atoms with Gasteiger partial charge >= 0.3 is 5.97 Å². The number of ether oxygens (including phenoxy) is 3. The van der Waals surface area contributed by atoms with Gasteiger partial charge in [0.05, 0.1) is 0 Å². The van der Waals surface area contributed by atoms with Crippen molar-refractivity contribution in [2.24, 2.45) is 0 Å². The molecule has 0 saturated heterocycles. The Morgan fingerprint density at radius 2 is 1.90 bits per heavy atom. The van der Waals surface area contributed by atoms with Crippen molar-refractivity contribution in [1.29, 1.82) is 0 Å². The van der Waals surface area contributed by atoms with Gasteiger partial charge in [-0.15, -0.1) is 11.3 Å². The van der Waals surface area contributed by atoms with E-state index in [1.165, 1.54) is 0 Å². The minimum absolute atomic E-state index is 0.181. The van der Waals surface area contributed by atoms with Crippen LogP contribution in [-0.4, -0.2) is 18.7 Å². The maximum absolute atomic E-state index is 12.9.